The molecule has 0 heterocycles. The predicted molar refractivity (Wildman–Crippen MR) is 89.3 cm³/mol. The molecule has 2 aromatic rings. The molecule has 4 heteroatoms. The van der Waals surface area contributed by atoms with Crippen LogP contribution < -0.4 is 0 Å². The summed E-state index contributed by atoms with van der Waals surface area (Å²) in [7, 11) is 0. The Balaban J connectivity index is 1.97. The molecular formula is C18H17BrO3. The Morgan fingerprint density at radius 3 is 2.27 bits per heavy atom. The Morgan fingerprint density at radius 2 is 1.68 bits per heavy atom. The van der Waals surface area contributed by atoms with Crippen molar-refractivity contribution in [3.8, 4) is 0 Å². The van der Waals surface area contributed by atoms with Gasteiger partial charge in [-0.1, -0.05) is 53.2 Å². The number of esters is 1. The van der Waals surface area contributed by atoms with Crippen LogP contribution in [0.4, 0.5) is 0 Å². The van der Waals surface area contributed by atoms with E-state index >= 15 is 0 Å². The summed E-state index contributed by atoms with van der Waals surface area (Å²) < 4.78 is 5.92. The van der Waals surface area contributed by atoms with E-state index < -0.39 is 5.97 Å². The molecule has 0 atom stereocenters. The maximum Gasteiger partial charge on any atom is 0.338 e. The highest BCUT2D eigenvalue weighted by molar-refractivity contribution is 9.10. The number of ketones is 1. The predicted octanol–water partition coefficient (Wildman–Crippen LogP) is 4.36. The molecule has 0 unspecified atom stereocenters. The van der Waals surface area contributed by atoms with Crippen molar-refractivity contribution in [3.63, 3.8) is 0 Å². The van der Waals surface area contributed by atoms with E-state index in [-0.39, 0.29) is 12.4 Å². The first-order chi connectivity index (χ1) is 10.5. The number of rotatable bonds is 5. The number of carbonyl (C=O) groups excluding carboxylic acids is 2. The molecule has 0 N–H and O–H groups in total. The van der Waals surface area contributed by atoms with Crippen LogP contribution in [0.1, 0.15) is 38.8 Å². The Hall–Kier alpha value is -1.94. The minimum Gasteiger partial charge on any atom is -0.454 e. The minimum absolute atomic E-state index is 0.206. The summed E-state index contributed by atoms with van der Waals surface area (Å²) in [5.74, 6) is -0.707. The van der Waals surface area contributed by atoms with Crippen LogP contribution in [0.2, 0.25) is 0 Å². The smallest absolute Gasteiger partial charge is 0.338 e. The van der Waals surface area contributed by atoms with Crippen molar-refractivity contribution in [3.05, 3.63) is 69.2 Å². The van der Waals surface area contributed by atoms with Crippen molar-refractivity contribution in [2.24, 2.45) is 0 Å². The molecule has 0 amide bonds. The summed E-state index contributed by atoms with van der Waals surface area (Å²) in [4.78, 5) is 24.0. The van der Waals surface area contributed by atoms with E-state index in [4.69, 9.17) is 4.74 Å². The van der Waals surface area contributed by atoms with Gasteiger partial charge in [0, 0.05) is 10.0 Å². The zero-order valence-corrected chi connectivity index (χ0v) is 14.1. The third kappa shape index (κ3) is 4.04. The third-order valence-electron chi connectivity index (χ3n) is 3.43. The van der Waals surface area contributed by atoms with Crippen LogP contribution in [-0.2, 0) is 11.2 Å². The highest BCUT2D eigenvalue weighted by Crippen LogP contribution is 2.18. The molecule has 0 aliphatic rings. The van der Waals surface area contributed by atoms with Crippen molar-refractivity contribution in [1.82, 2.24) is 0 Å². The van der Waals surface area contributed by atoms with Gasteiger partial charge in [-0.05, 0) is 36.6 Å². The van der Waals surface area contributed by atoms with Crippen molar-refractivity contribution in [2.45, 2.75) is 20.3 Å². The van der Waals surface area contributed by atoms with E-state index in [2.05, 4.69) is 22.9 Å². The fourth-order valence-corrected chi connectivity index (χ4v) is 2.32. The molecule has 2 aromatic carbocycles. The lowest BCUT2D eigenvalue weighted by atomic mass is 10.1. The lowest BCUT2D eigenvalue weighted by molar-refractivity contribution is 0.0474. The van der Waals surface area contributed by atoms with Crippen molar-refractivity contribution in [2.75, 3.05) is 6.61 Å². The summed E-state index contributed by atoms with van der Waals surface area (Å²) in [6.07, 6.45) is 0.922. The lowest BCUT2D eigenvalue weighted by Crippen LogP contribution is -2.14. The van der Waals surface area contributed by atoms with Gasteiger partial charge in [-0.2, -0.15) is 0 Å². The lowest BCUT2D eigenvalue weighted by Gasteiger charge is -2.06. The van der Waals surface area contributed by atoms with Crippen LogP contribution in [0.15, 0.2) is 46.9 Å². The summed E-state index contributed by atoms with van der Waals surface area (Å²) >= 11 is 3.37. The Bertz CT molecular complexity index is 690. The quantitative estimate of drug-likeness (QED) is 0.587. The van der Waals surface area contributed by atoms with Crippen molar-refractivity contribution < 1.29 is 14.3 Å². The Morgan fingerprint density at radius 1 is 1.05 bits per heavy atom. The number of halogens is 1. The molecule has 2 rings (SSSR count). The maximum atomic E-state index is 12.0. The Labute approximate surface area is 138 Å². The second-order valence-electron chi connectivity index (χ2n) is 5.01. The molecule has 0 aromatic heterocycles. The van der Waals surface area contributed by atoms with Gasteiger partial charge in [-0.3, -0.25) is 4.79 Å². The summed E-state index contributed by atoms with van der Waals surface area (Å²) in [6.45, 7) is 3.73. The molecule has 22 heavy (non-hydrogen) atoms. The second-order valence-corrected chi connectivity index (χ2v) is 5.87. The number of carbonyl (C=O) groups is 2. The summed E-state index contributed by atoms with van der Waals surface area (Å²) in [5.41, 5.74) is 3.17. The molecule has 0 aliphatic carbocycles. The summed E-state index contributed by atoms with van der Waals surface area (Å²) in [6, 6.07) is 12.5. The molecule has 0 spiro atoms. The number of ether oxygens (including phenoxy) is 1. The van der Waals surface area contributed by atoms with Gasteiger partial charge >= 0.3 is 5.97 Å². The molecule has 3 nitrogen and oxygen atoms in total. The number of hydrogen-bond donors (Lipinski definition) is 0. The third-order valence-corrected chi connectivity index (χ3v) is 4.28. The highest BCUT2D eigenvalue weighted by atomic mass is 79.9. The molecule has 0 bridgehead atoms. The second kappa shape index (κ2) is 7.36. The average Bonchev–Trinajstić information content (AvgIpc) is 2.54. The number of Topliss-reactive ketones (excluding diaryl/α,β-unsaturated/α-hetero) is 1. The van der Waals surface area contributed by atoms with E-state index in [9.17, 15) is 9.59 Å². The van der Waals surface area contributed by atoms with E-state index in [1.165, 1.54) is 0 Å². The van der Waals surface area contributed by atoms with Crippen LogP contribution in [0.5, 0.6) is 0 Å². The van der Waals surface area contributed by atoms with Gasteiger partial charge < -0.3 is 4.74 Å². The SMILES string of the molecule is CCc1ccc(C(=O)COC(=O)c2ccc(C)c(Br)c2)cc1. The largest absolute Gasteiger partial charge is 0.454 e. The van der Waals surface area contributed by atoms with Gasteiger partial charge in [-0.25, -0.2) is 4.79 Å². The monoisotopic (exact) mass is 360 g/mol. The fraction of sp³-hybridized carbons (Fsp3) is 0.222. The first-order valence-electron chi connectivity index (χ1n) is 7.06. The zero-order valence-electron chi connectivity index (χ0n) is 12.6. The first-order valence-corrected chi connectivity index (χ1v) is 7.86. The normalized spacial score (nSPS) is 10.3. The van der Waals surface area contributed by atoms with Crippen molar-refractivity contribution >= 4 is 27.7 Å². The Kier molecular flexibility index (Phi) is 5.50. The van der Waals surface area contributed by atoms with Crippen LogP contribution >= 0.6 is 15.9 Å². The average molecular weight is 361 g/mol. The highest BCUT2D eigenvalue weighted by Gasteiger charge is 2.12. The van der Waals surface area contributed by atoms with Crippen LogP contribution in [0.3, 0.4) is 0 Å². The van der Waals surface area contributed by atoms with Crippen LogP contribution in [0, 0.1) is 6.92 Å². The summed E-state index contributed by atoms with van der Waals surface area (Å²) in [5, 5.41) is 0. The molecule has 0 fully saturated rings. The van der Waals surface area contributed by atoms with Gasteiger partial charge in [0.15, 0.2) is 12.4 Å². The number of aryl methyl sites for hydroxylation is 2. The van der Waals surface area contributed by atoms with Crippen LogP contribution in [0.25, 0.3) is 0 Å². The molecule has 114 valence electrons. The van der Waals surface area contributed by atoms with Crippen LogP contribution in [-0.4, -0.2) is 18.4 Å². The van der Waals surface area contributed by atoms with E-state index in [1.54, 1.807) is 24.3 Å². The van der Waals surface area contributed by atoms with Gasteiger partial charge in [0.2, 0.25) is 0 Å². The standard InChI is InChI=1S/C18H17BrO3/c1-3-13-5-8-14(9-6-13)17(20)11-22-18(21)15-7-4-12(2)16(19)10-15/h4-10H,3,11H2,1-2H3. The topological polar surface area (TPSA) is 43.4 Å². The first kappa shape index (κ1) is 16.4. The van der Waals surface area contributed by atoms with Gasteiger partial charge in [-0.15, -0.1) is 0 Å². The number of benzene rings is 2. The molecule has 0 saturated heterocycles. The molecule has 0 aliphatic heterocycles. The van der Waals surface area contributed by atoms with E-state index in [0.717, 1.165) is 22.0 Å². The maximum absolute atomic E-state index is 12.0. The molecule has 0 saturated carbocycles. The van der Waals surface area contributed by atoms with Gasteiger partial charge in [0.1, 0.15) is 0 Å². The van der Waals surface area contributed by atoms with Gasteiger partial charge in [0.05, 0.1) is 5.56 Å². The molecular weight excluding hydrogens is 344 g/mol. The van der Waals surface area contributed by atoms with Gasteiger partial charge in [0.25, 0.3) is 0 Å². The minimum atomic E-state index is -0.501. The van der Waals surface area contributed by atoms with E-state index in [1.807, 2.05) is 25.1 Å². The van der Waals surface area contributed by atoms with Crippen molar-refractivity contribution in [1.29, 1.82) is 0 Å². The fourth-order valence-electron chi connectivity index (χ4n) is 1.94. The zero-order chi connectivity index (χ0) is 16.1. The van der Waals surface area contributed by atoms with E-state index in [0.29, 0.717) is 11.1 Å². The number of hydrogen-bond acceptors (Lipinski definition) is 3. The molecule has 0 radical (unpaired) electrons.